The van der Waals surface area contributed by atoms with Crippen LogP contribution in [0.15, 0.2) is 0 Å². The predicted molar refractivity (Wildman–Crippen MR) is 74.5 cm³/mol. The zero-order valence-electron chi connectivity index (χ0n) is 12.3. The molecular formula is C13H31N3O. The van der Waals surface area contributed by atoms with E-state index in [-0.39, 0.29) is 12.1 Å². The van der Waals surface area contributed by atoms with E-state index < -0.39 is 0 Å². The van der Waals surface area contributed by atoms with Crippen LogP contribution in [-0.4, -0.2) is 74.9 Å². The number of hydrogen-bond donors (Lipinski definition) is 2. The Morgan fingerprint density at radius 2 is 1.65 bits per heavy atom. The molecule has 0 aromatic carbocycles. The number of nitrogens with zero attached hydrogens (tertiary/aromatic N) is 2. The highest BCUT2D eigenvalue weighted by atomic mass is 16.3. The van der Waals surface area contributed by atoms with Gasteiger partial charge in [-0.1, -0.05) is 0 Å². The van der Waals surface area contributed by atoms with E-state index in [1.165, 1.54) is 6.42 Å². The standard InChI is InChI=1S/C13H31N3O/c1-13(12-17,14-2)8-6-10-16(5)11-7-9-15(3)4/h14,17H,6-12H2,1-5H3. The maximum absolute atomic E-state index is 9.27. The fraction of sp³-hybridized carbons (Fsp3) is 1.00. The Balaban J connectivity index is 3.60. The molecule has 0 aromatic heterocycles. The molecule has 0 bridgehead atoms. The highest BCUT2D eigenvalue weighted by Gasteiger charge is 2.19. The molecule has 0 aliphatic heterocycles. The van der Waals surface area contributed by atoms with E-state index in [2.05, 4.69) is 43.2 Å². The number of likely N-dealkylation sites (N-methyl/N-ethyl adjacent to an activating group) is 1. The van der Waals surface area contributed by atoms with Gasteiger partial charge in [0.25, 0.3) is 0 Å². The van der Waals surface area contributed by atoms with Crippen molar-refractivity contribution in [2.24, 2.45) is 0 Å². The summed E-state index contributed by atoms with van der Waals surface area (Å²) in [6, 6.07) is 0. The number of hydrogen-bond acceptors (Lipinski definition) is 4. The lowest BCUT2D eigenvalue weighted by molar-refractivity contribution is 0.166. The zero-order valence-corrected chi connectivity index (χ0v) is 12.3. The first kappa shape index (κ1) is 16.8. The second-order valence-corrected chi connectivity index (χ2v) is 5.53. The zero-order chi connectivity index (χ0) is 13.3. The van der Waals surface area contributed by atoms with E-state index in [1.807, 2.05) is 7.05 Å². The number of nitrogens with one attached hydrogen (secondary N) is 1. The summed E-state index contributed by atoms with van der Waals surface area (Å²) in [7, 11) is 8.31. The molecule has 0 saturated heterocycles. The molecule has 0 heterocycles. The molecule has 0 radical (unpaired) electrons. The lowest BCUT2D eigenvalue weighted by Crippen LogP contribution is -2.43. The molecule has 0 fully saturated rings. The van der Waals surface area contributed by atoms with E-state index in [0.29, 0.717) is 0 Å². The highest BCUT2D eigenvalue weighted by molar-refractivity contribution is 4.80. The van der Waals surface area contributed by atoms with Crippen LogP contribution in [0.1, 0.15) is 26.2 Å². The van der Waals surface area contributed by atoms with Crippen LogP contribution < -0.4 is 5.32 Å². The van der Waals surface area contributed by atoms with Gasteiger partial charge in [-0.3, -0.25) is 0 Å². The third-order valence-electron chi connectivity index (χ3n) is 3.37. The van der Waals surface area contributed by atoms with Crippen molar-refractivity contribution >= 4 is 0 Å². The van der Waals surface area contributed by atoms with Crippen LogP contribution in [0.4, 0.5) is 0 Å². The predicted octanol–water partition coefficient (Wildman–Crippen LogP) is 0.621. The van der Waals surface area contributed by atoms with Crippen LogP contribution in [0.2, 0.25) is 0 Å². The Labute approximate surface area is 107 Å². The summed E-state index contributed by atoms with van der Waals surface area (Å²) in [6.07, 6.45) is 3.35. The molecule has 2 N–H and O–H groups in total. The molecule has 17 heavy (non-hydrogen) atoms. The quantitative estimate of drug-likeness (QED) is 0.592. The molecule has 1 atom stereocenters. The molecule has 1 unspecified atom stereocenters. The summed E-state index contributed by atoms with van der Waals surface area (Å²) in [4.78, 5) is 4.59. The van der Waals surface area contributed by atoms with Gasteiger partial charge in [0.1, 0.15) is 0 Å². The molecule has 4 nitrogen and oxygen atoms in total. The Morgan fingerprint density at radius 1 is 1.06 bits per heavy atom. The third kappa shape index (κ3) is 8.55. The highest BCUT2D eigenvalue weighted by Crippen LogP contribution is 2.11. The van der Waals surface area contributed by atoms with Gasteiger partial charge in [0, 0.05) is 5.54 Å². The Hall–Kier alpha value is -0.160. The van der Waals surface area contributed by atoms with Gasteiger partial charge >= 0.3 is 0 Å². The van der Waals surface area contributed by atoms with Crippen LogP contribution in [0, 0.1) is 0 Å². The molecule has 104 valence electrons. The molecular weight excluding hydrogens is 214 g/mol. The average molecular weight is 245 g/mol. The summed E-state index contributed by atoms with van der Waals surface area (Å²) in [5, 5.41) is 12.5. The molecule has 4 heteroatoms. The Morgan fingerprint density at radius 3 is 2.12 bits per heavy atom. The first-order chi connectivity index (χ1) is 7.93. The monoisotopic (exact) mass is 245 g/mol. The van der Waals surface area contributed by atoms with Gasteiger partial charge < -0.3 is 20.2 Å². The molecule has 0 aromatic rings. The molecule has 0 rings (SSSR count). The number of aliphatic hydroxyl groups excluding tert-OH is 1. The summed E-state index contributed by atoms with van der Waals surface area (Å²) < 4.78 is 0. The minimum absolute atomic E-state index is 0.121. The fourth-order valence-electron chi connectivity index (χ4n) is 1.79. The average Bonchev–Trinajstić information content (AvgIpc) is 2.28. The minimum Gasteiger partial charge on any atom is -0.394 e. The molecule has 0 aliphatic rings. The van der Waals surface area contributed by atoms with Crippen molar-refractivity contribution in [3.05, 3.63) is 0 Å². The second kappa shape index (κ2) is 8.86. The molecule has 0 aliphatic carbocycles. The lowest BCUT2D eigenvalue weighted by Gasteiger charge is -2.28. The molecule has 0 spiro atoms. The van der Waals surface area contributed by atoms with Crippen molar-refractivity contribution in [3.63, 3.8) is 0 Å². The van der Waals surface area contributed by atoms with Crippen molar-refractivity contribution in [3.8, 4) is 0 Å². The van der Waals surface area contributed by atoms with E-state index in [4.69, 9.17) is 0 Å². The molecule has 0 saturated carbocycles. The molecule has 0 amide bonds. The van der Waals surface area contributed by atoms with E-state index in [9.17, 15) is 5.11 Å². The second-order valence-electron chi connectivity index (χ2n) is 5.53. The van der Waals surface area contributed by atoms with Crippen LogP contribution in [-0.2, 0) is 0 Å². The Bertz CT molecular complexity index is 182. The largest absolute Gasteiger partial charge is 0.394 e. The van der Waals surface area contributed by atoms with Crippen molar-refractivity contribution < 1.29 is 5.11 Å². The van der Waals surface area contributed by atoms with Crippen molar-refractivity contribution in [2.45, 2.75) is 31.7 Å². The van der Waals surface area contributed by atoms with Crippen molar-refractivity contribution in [1.29, 1.82) is 0 Å². The summed E-state index contributed by atoms with van der Waals surface area (Å²) in [5.41, 5.74) is -0.121. The topological polar surface area (TPSA) is 38.7 Å². The summed E-state index contributed by atoms with van der Waals surface area (Å²) >= 11 is 0. The van der Waals surface area contributed by atoms with Crippen LogP contribution >= 0.6 is 0 Å². The normalized spacial score (nSPS) is 15.5. The first-order valence-corrected chi connectivity index (χ1v) is 6.56. The maximum atomic E-state index is 9.27. The van der Waals surface area contributed by atoms with Gasteiger partial charge in [-0.15, -0.1) is 0 Å². The van der Waals surface area contributed by atoms with Crippen molar-refractivity contribution in [2.75, 3.05) is 54.4 Å². The summed E-state index contributed by atoms with van der Waals surface area (Å²) in [5.74, 6) is 0. The SMILES string of the molecule is CNC(C)(CO)CCCN(C)CCCN(C)C. The minimum atomic E-state index is -0.121. The smallest absolute Gasteiger partial charge is 0.0610 e. The van der Waals surface area contributed by atoms with Crippen LogP contribution in [0.3, 0.4) is 0 Å². The van der Waals surface area contributed by atoms with Crippen molar-refractivity contribution in [1.82, 2.24) is 15.1 Å². The fourth-order valence-corrected chi connectivity index (χ4v) is 1.79. The van der Waals surface area contributed by atoms with Crippen LogP contribution in [0.25, 0.3) is 0 Å². The number of aliphatic hydroxyl groups is 1. The Kier molecular flexibility index (Phi) is 8.78. The van der Waals surface area contributed by atoms with E-state index in [0.717, 1.165) is 32.5 Å². The van der Waals surface area contributed by atoms with Gasteiger partial charge in [0.15, 0.2) is 0 Å². The third-order valence-corrected chi connectivity index (χ3v) is 3.37. The van der Waals surface area contributed by atoms with E-state index >= 15 is 0 Å². The maximum Gasteiger partial charge on any atom is 0.0610 e. The number of rotatable bonds is 10. The van der Waals surface area contributed by atoms with Gasteiger partial charge in [0.2, 0.25) is 0 Å². The van der Waals surface area contributed by atoms with Gasteiger partial charge in [-0.05, 0) is 74.0 Å². The lowest BCUT2D eigenvalue weighted by atomic mass is 9.97. The van der Waals surface area contributed by atoms with Gasteiger partial charge in [-0.2, -0.15) is 0 Å². The summed E-state index contributed by atoms with van der Waals surface area (Å²) in [6.45, 7) is 5.67. The van der Waals surface area contributed by atoms with Crippen LogP contribution in [0.5, 0.6) is 0 Å². The van der Waals surface area contributed by atoms with Gasteiger partial charge in [-0.25, -0.2) is 0 Å². The first-order valence-electron chi connectivity index (χ1n) is 6.56. The van der Waals surface area contributed by atoms with E-state index in [1.54, 1.807) is 0 Å². The van der Waals surface area contributed by atoms with Gasteiger partial charge in [0.05, 0.1) is 6.61 Å².